The van der Waals surface area contributed by atoms with Gasteiger partial charge in [0.2, 0.25) is 5.95 Å². The Labute approximate surface area is 105 Å². The second-order valence-electron chi connectivity index (χ2n) is 4.58. The number of amides is 1. The normalized spacial score (nSPS) is 14.0. The van der Waals surface area contributed by atoms with Crippen LogP contribution in [0.25, 0.3) is 0 Å². The van der Waals surface area contributed by atoms with Gasteiger partial charge in [-0.05, 0) is 48.9 Å². The lowest BCUT2D eigenvalue weighted by Crippen LogP contribution is -2.14. The number of nitrogens with one attached hydrogen (secondary N) is 2. The fourth-order valence-electron chi connectivity index (χ4n) is 2.39. The number of anilines is 1. The lowest BCUT2D eigenvalue weighted by atomic mass is 9.90. The van der Waals surface area contributed by atoms with Crippen molar-refractivity contribution in [2.24, 2.45) is 0 Å². The molecule has 4 nitrogen and oxygen atoms in total. The van der Waals surface area contributed by atoms with Crippen molar-refractivity contribution in [1.82, 2.24) is 9.97 Å². The monoisotopic (exact) mass is 241 g/mol. The van der Waals surface area contributed by atoms with Crippen LogP contribution in [0.1, 0.15) is 34.3 Å². The molecule has 1 aromatic carbocycles. The third kappa shape index (κ3) is 2.14. The van der Waals surface area contributed by atoms with Gasteiger partial charge in [-0.3, -0.25) is 10.1 Å². The van der Waals surface area contributed by atoms with E-state index in [2.05, 4.69) is 21.4 Å². The van der Waals surface area contributed by atoms with Crippen molar-refractivity contribution in [3.63, 3.8) is 0 Å². The summed E-state index contributed by atoms with van der Waals surface area (Å²) in [5.74, 6) is 0.371. The van der Waals surface area contributed by atoms with Crippen LogP contribution in [-0.2, 0) is 12.8 Å². The van der Waals surface area contributed by atoms with E-state index in [0.717, 1.165) is 12.8 Å². The van der Waals surface area contributed by atoms with E-state index in [1.165, 1.54) is 24.0 Å². The molecule has 0 spiro atoms. The van der Waals surface area contributed by atoms with Crippen molar-refractivity contribution >= 4 is 11.9 Å². The van der Waals surface area contributed by atoms with Crippen LogP contribution in [0, 0.1) is 0 Å². The van der Waals surface area contributed by atoms with Gasteiger partial charge >= 0.3 is 0 Å². The first-order valence-corrected chi connectivity index (χ1v) is 6.25. The molecule has 0 radical (unpaired) electrons. The van der Waals surface area contributed by atoms with E-state index in [1.54, 1.807) is 12.4 Å². The van der Waals surface area contributed by atoms with E-state index in [1.807, 2.05) is 12.1 Å². The summed E-state index contributed by atoms with van der Waals surface area (Å²) in [6.07, 6.45) is 7.98. The van der Waals surface area contributed by atoms with Gasteiger partial charge in [-0.25, -0.2) is 4.98 Å². The highest BCUT2D eigenvalue weighted by Gasteiger charge is 2.13. The van der Waals surface area contributed by atoms with Crippen molar-refractivity contribution in [3.8, 4) is 0 Å². The average Bonchev–Trinajstić information content (AvgIpc) is 2.91. The molecule has 1 heterocycles. The van der Waals surface area contributed by atoms with Gasteiger partial charge in [-0.15, -0.1) is 0 Å². The zero-order chi connectivity index (χ0) is 12.4. The molecule has 2 aromatic rings. The second-order valence-corrected chi connectivity index (χ2v) is 4.58. The van der Waals surface area contributed by atoms with Crippen LogP contribution < -0.4 is 5.32 Å². The highest BCUT2D eigenvalue weighted by Crippen LogP contribution is 2.22. The standard InChI is InChI=1S/C14H15N3O/c18-13(17-14-15-7-8-16-14)12-6-5-10-3-1-2-4-11(10)9-12/h5-9H,1-4H2,(H2,15,16,17,18). The minimum atomic E-state index is -0.113. The van der Waals surface area contributed by atoms with Gasteiger partial charge in [0.15, 0.2) is 0 Å². The molecule has 4 heteroatoms. The fourth-order valence-corrected chi connectivity index (χ4v) is 2.39. The zero-order valence-electron chi connectivity index (χ0n) is 10.1. The lowest BCUT2D eigenvalue weighted by molar-refractivity contribution is 0.102. The predicted molar refractivity (Wildman–Crippen MR) is 69.6 cm³/mol. The Balaban J connectivity index is 1.81. The summed E-state index contributed by atoms with van der Waals surface area (Å²) < 4.78 is 0. The maximum absolute atomic E-state index is 12.0. The molecule has 18 heavy (non-hydrogen) atoms. The fraction of sp³-hybridized carbons (Fsp3) is 0.286. The summed E-state index contributed by atoms with van der Waals surface area (Å²) >= 11 is 0. The topological polar surface area (TPSA) is 57.8 Å². The number of hydrogen-bond donors (Lipinski definition) is 2. The van der Waals surface area contributed by atoms with Crippen LogP contribution in [0.5, 0.6) is 0 Å². The first-order valence-electron chi connectivity index (χ1n) is 6.25. The summed E-state index contributed by atoms with van der Waals surface area (Å²) in [5, 5.41) is 2.74. The Bertz CT molecular complexity index is 560. The Morgan fingerprint density at radius 1 is 1.22 bits per heavy atom. The molecule has 0 saturated heterocycles. The van der Waals surface area contributed by atoms with Crippen molar-refractivity contribution in [2.45, 2.75) is 25.7 Å². The minimum absolute atomic E-state index is 0.113. The number of imidazole rings is 1. The van der Waals surface area contributed by atoms with Crippen LogP contribution in [0.15, 0.2) is 30.6 Å². The molecule has 3 rings (SSSR count). The summed E-state index contributed by atoms with van der Waals surface area (Å²) in [6.45, 7) is 0. The first-order chi connectivity index (χ1) is 8.83. The molecule has 1 aromatic heterocycles. The number of aromatic amines is 1. The summed E-state index contributed by atoms with van der Waals surface area (Å²) in [6, 6.07) is 5.97. The van der Waals surface area contributed by atoms with Crippen LogP contribution in [-0.4, -0.2) is 15.9 Å². The van der Waals surface area contributed by atoms with Gasteiger partial charge in [-0.2, -0.15) is 0 Å². The predicted octanol–water partition coefficient (Wildman–Crippen LogP) is 2.54. The Kier molecular flexibility index (Phi) is 2.84. The summed E-state index contributed by atoms with van der Waals surface area (Å²) in [5.41, 5.74) is 3.40. The van der Waals surface area contributed by atoms with Crippen LogP contribution in [0.3, 0.4) is 0 Å². The quantitative estimate of drug-likeness (QED) is 0.848. The third-order valence-electron chi connectivity index (χ3n) is 3.34. The van der Waals surface area contributed by atoms with Gasteiger partial charge in [0.1, 0.15) is 0 Å². The molecule has 0 fully saturated rings. The minimum Gasteiger partial charge on any atom is -0.331 e. The second kappa shape index (κ2) is 4.64. The number of benzene rings is 1. The highest BCUT2D eigenvalue weighted by atomic mass is 16.1. The molecule has 1 aliphatic carbocycles. The van der Waals surface area contributed by atoms with Crippen LogP contribution >= 0.6 is 0 Å². The van der Waals surface area contributed by atoms with Gasteiger partial charge < -0.3 is 4.98 Å². The van der Waals surface area contributed by atoms with E-state index < -0.39 is 0 Å². The molecule has 92 valence electrons. The number of carbonyl (C=O) groups excluding carboxylic acids is 1. The molecular formula is C14H15N3O. The third-order valence-corrected chi connectivity index (χ3v) is 3.34. The molecule has 0 bridgehead atoms. The zero-order valence-corrected chi connectivity index (χ0v) is 10.1. The van der Waals surface area contributed by atoms with Gasteiger partial charge in [0.05, 0.1) is 0 Å². The molecular weight excluding hydrogens is 226 g/mol. The first kappa shape index (κ1) is 11.0. The van der Waals surface area contributed by atoms with E-state index >= 15 is 0 Å². The Hall–Kier alpha value is -2.10. The van der Waals surface area contributed by atoms with E-state index in [4.69, 9.17) is 0 Å². The van der Waals surface area contributed by atoms with E-state index in [-0.39, 0.29) is 5.91 Å². The molecule has 1 amide bonds. The van der Waals surface area contributed by atoms with E-state index in [0.29, 0.717) is 11.5 Å². The number of hydrogen-bond acceptors (Lipinski definition) is 2. The molecule has 0 unspecified atom stereocenters. The summed E-state index contributed by atoms with van der Waals surface area (Å²) in [4.78, 5) is 18.9. The molecule has 0 aliphatic heterocycles. The van der Waals surface area contributed by atoms with Crippen molar-refractivity contribution in [3.05, 3.63) is 47.3 Å². The highest BCUT2D eigenvalue weighted by molar-refractivity contribution is 6.03. The van der Waals surface area contributed by atoms with Gasteiger partial charge in [-0.1, -0.05) is 6.07 Å². The Morgan fingerprint density at radius 3 is 2.83 bits per heavy atom. The average molecular weight is 241 g/mol. The number of aromatic nitrogens is 2. The van der Waals surface area contributed by atoms with Gasteiger partial charge in [0.25, 0.3) is 5.91 Å². The van der Waals surface area contributed by atoms with Crippen LogP contribution in [0.2, 0.25) is 0 Å². The number of H-pyrrole nitrogens is 1. The number of nitrogens with zero attached hydrogens (tertiary/aromatic N) is 1. The van der Waals surface area contributed by atoms with Crippen molar-refractivity contribution < 1.29 is 4.79 Å². The van der Waals surface area contributed by atoms with Crippen LogP contribution in [0.4, 0.5) is 5.95 Å². The van der Waals surface area contributed by atoms with E-state index in [9.17, 15) is 4.79 Å². The maximum Gasteiger partial charge on any atom is 0.257 e. The number of carbonyl (C=O) groups is 1. The molecule has 2 N–H and O–H groups in total. The molecule has 0 atom stereocenters. The van der Waals surface area contributed by atoms with Gasteiger partial charge in [0, 0.05) is 18.0 Å². The lowest BCUT2D eigenvalue weighted by Gasteiger charge is -2.16. The molecule has 0 saturated carbocycles. The number of fused-ring (bicyclic) bond motifs is 1. The number of rotatable bonds is 2. The van der Waals surface area contributed by atoms with Crippen molar-refractivity contribution in [1.29, 1.82) is 0 Å². The summed E-state index contributed by atoms with van der Waals surface area (Å²) in [7, 11) is 0. The SMILES string of the molecule is O=C(Nc1ncc[nH]1)c1ccc2c(c1)CCCC2. The molecule has 1 aliphatic rings. The number of aryl methyl sites for hydroxylation is 2. The van der Waals surface area contributed by atoms with Crippen molar-refractivity contribution in [2.75, 3.05) is 5.32 Å². The largest absolute Gasteiger partial charge is 0.331 e. The smallest absolute Gasteiger partial charge is 0.257 e. The Morgan fingerprint density at radius 2 is 2.06 bits per heavy atom. The maximum atomic E-state index is 12.0.